The van der Waals surface area contributed by atoms with Crippen LogP contribution in [0.5, 0.6) is 5.75 Å². The summed E-state index contributed by atoms with van der Waals surface area (Å²) in [6, 6.07) is 6.67. The average molecular weight is 366 g/mol. The fraction of sp³-hybridized carbons (Fsp3) is 0.0833. The minimum Gasteiger partial charge on any atom is -0.406 e. The number of nitrogens with one attached hydrogen (secondary N) is 1. The van der Waals surface area contributed by atoms with Gasteiger partial charge in [0.2, 0.25) is 0 Å². The largest absolute Gasteiger partial charge is 0.573 e. The zero-order valence-electron chi connectivity index (χ0n) is 9.70. The van der Waals surface area contributed by atoms with Crippen LogP contribution in [0.2, 0.25) is 0 Å². The van der Waals surface area contributed by atoms with Gasteiger partial charge >= 0.3 is 6.36 Å². The molecule has 1 heterocycles. The third kappa shape index (κ3) is 3.97. The Hall–Kier alpha value is -1.54. The van der Waals surface area contributed by atoms with Crippen LogP contribution in [-0.4, -0.2) is 12.3 Å². The number of rotatable bonds is 3. The summed E-state index contributed by atoms with van der Waals surface area (Å²) in [6.07, 6.45) is -4.73. The third-order valence-electron chi connectivity index (χ3n) is 2.17. The van der Waals surface area contributed by atoms with Crippen molar-refractivity contribution in [3.8, 4) is 5.75 Å². The molecule has 2 rings (SSSR count). The van der Waals surface area contributed by atoms with Crippen molar-refractivity contribution < 1.29 is 22.7 Å². The van der Waals surface area contributed by atoms with Gasteiger partial charge in [-0.2, -0.15) is 0 Å². The van der Waals surface area contributed by atoms with E-state index >= 15 is 0 Å². The predicted molar refractivity (Wildman–Crippen MR) is 73.1 cm³/mol. The van der Waals surface area contributed by atoms with Crippen molar-refractivity contribution in [3.05, 3.63) is 45.1 Å². The van der Waals surface area contributed by atoms with Gasteiger partial charge in [0.05, 0.1) is 0 Å². The maximum atomic E-state index is 12.0. The van der Waals surface area contributed by atoms with Gasteiger partial charge in [0, 0.05) is 10.2 Å². The van der Waals surface area contributed by atoms with Crippen molar-refractivity contribution in [2.24, 2.45) is 0 Å². The molecule has 2 aromatic rings. The smallest absolute Gasteiger partial charge is 0.406 e. The Bertz CT molecular complexity index is 610. The van der Waals surface area contributed by atoms with Gasteiger partial charge in [-0.05, 0) is 51.6 Å². The highest BCUT2D eigenvalue weighted by Crippen LogP contribution is 2.26. The number of hydrogen-bond acceptors (Lipinski definition) is 3. The van der Waals surface area contributed by atoms with E-state index in [1.165, 1.54) is 23.5 Å². The lowest BCUT2D eigenvalue weighted by molar-refractivity contribution is -0.274. The number of hydrogen-bond donors (Lipinski definition) is 1. The zero-order valence-corrected chi connectivity index (χ0v) is 12.1. The van der Waals surface area contributed by atoms with Crippen molar-refractivity contribution in [1.29, 1.82) is 0 Å². The van der Waals surface area contributed by atoms with Crippen LogP contribution in [0.4, 0.5) is 18.9 Å². The van der Waals surface area contributed by atoms with Crippen LogP contribution in [0.3, 0.4) is 0 Å². The van der Waals surface area contributed by atoms with Crippen molar-refractivity contribution in [3.63, 3.8) is 0 Å². The fourth-order valence-corrected chi connectivity index (χ4v) is 2.83. The molecule has 1 N–H and O–H groups in total. The van der Waals surface area contributed by atoms with Crippen molar-refractivity contribution >= 4 is 38.9 Å². The van der Waals surface area contributed by atoms with Gasteiger partial charge in [0.1, 0.15) is 10.6 Å². The van der Waals surface area contributed by atoms with E-state index in [0.717, 1.165) is 12.1 Å². The second-order valence-electron chi connectivity index (χ2n) is 3.62. The summed E-state index contributed by atoms with van der Waals surface area (Å²) < 4.78 is 40.4. The Morgan fingerprint density at radius 1 is 1.20 bits per heavy atom. The molecule has 0 aliphatic heterocycles. The maximum Gasteiger partial charge on any atom is 0.573 e. The summed E-state index contributed by atoms with van der Waals surface area (Å²) in [6.45, 7) is 0. The highest BCUT2D eigenvalue weighted by Gasteiger charge is 2.30. The van der Waals surface area contributed by atoms with E-state index in [1.807, 2.05) is 0 Å². The summed E-state index contributed by atoms with van der Waals surface area (Å²) in [5.41, 5.74) is 0.379. The summed E-state index contributed by atoms with van der Waals surface area (Å²) in [4.78, 5) is 12.4. The van der Waals surface area contributed by atoms with Gasteiger partial charge in [-0.1, -0.05) is 0 Å². The highest BCUT2D eigenvalue weighted by atomic mass is 79.9. The zero-order chi connectivity index (χ0) is 14.8. The Morgan fingerprint density at radius 3 is 2.35 bits per heavy atom. The maximum absolute atomic E-state index is 12.0. The van der Waals surface area contributed by atoms with E-state index in [9.17, 15) is 18.0 Å². The van der Waals surface area contributed by atoms with E-state index in [0.29, 0.717) is 15.0 Å². The number of carbonyl (C=O) groups excluding carboxylic acids is 1. The molecule has 0 atom stereocenters. The molecule has 1 aromatic heterocycles. The first-order valence-corrected chi connectivity index (χ1v) is 6.92. The molecule has 0 fully saturated rings. The third-order valence-corrected chi connectivity index (χ3v) is 4.01. The number of halogens is 4. The van der Waals surface area contributed by atoms with Crippen LogP contribution in [0.15, 0.2) is 40.2 Å². The van der Waals surface area contributed by atoms with Gasteiger partial charge in [-0.3, -0.25) is 4.79 Å². The number of ether oxygens (including phenoxy) is 1. The molecular weight excluding hydrogens is 359 g/mol. The molecule has 0 spiro atoms. The second kappa shape index (κ2) is 5.84. The SMILES string of the molecule is O=C(Nc1ccc(OC(F)(F)F)cc1)c1sccc1Br. The lowest BCUT2D eigenvalue weighted by Crippen LogP contribution is -2.17. The number of carbonyl (C=O) groups is 1. The van der Waals surface area contributed by atoms with Gasteiger partial charge in [-0.15, -0.1) is 24.5 Å². The van der Waals surface area contributed by atoms with Crippen LogP contribution in [0.1, 0.15) is 9.67 Å². The lowest BCUT2D eigenvalue weighted by Gasteiger charge is -2.09. The standard InChI is InChI=1S/C12H7BrF3NO2S/c13-9-5-6-20-10(9)11(18)17-7-1-3-8(4-2-7)19-12(14,15)16/h1-6H,(H,17,18). The normalized spacial score (nSPS) is 11.2. The van der Waals surface area contributed by atoms with Crippen LogP contribution >= 0.6 is 27.3 Å². The first-order valence-electron chi connectivity index (χ1n) is 5.25. The Kier molecular flexibility index (Phi) is 4.34. The molecule has 0 radical (unpaired) electrons. The predicted octanol–water partition coefficient (Wildman–Crippen LogP) is 4.66. The first-order chi connectivity index (χ1) is 9.35. The summed E-state index contributed by atoms with van der Waals surface area (Å²) in [5, 5.41) is 4.33. The molecule has 0 aliphatic rings. The van der Waals surface area contributed by atoms with Crippen LogP contribution in [0.25, 0.3) is 0 Å². The molecule has 106 valence electrons. The molecule has 1 aromatic carbocycles. The van der Waals surface area contributed by atoms with E-state index in [4.69, 9.17) is 0 Å². The Balaban J connectivity index is 2.04. The second-order valence-corrected chi connectivity index (χ2v) is 5.39. The Morgan fingerprint density at radius 2 is 1.85 bits per heavy atom. The van der Waals surface area contributed by atoms with Gasteiger partial charge < -0.3 is 10.1 Å². The van der Waals surface area contributed by atoms with Crippen LogP contribution in [0, 0.1) is 0 Å². The average Bonchev–Trinajstić information content (AvgIpc) is 2.76. The van der Waals surface area contributed by atoms with Gasteiger partial charge in [0.25, 0.3) is 5.91 Å². The quantitative estimate of drug-likeness (QED) is 0.858. The van der Waals surface area contributed by atoms with Gasteiger partial charge in [0.15, 0.2) is 0 Å². The summed E-state index contributed by atoms with van der Waals surface area (Å²) >= 11 is 4.49. The van der Waals surface area contributed by atoms with Gasteiger partial charge in [-0.25, -0.2) is 0 Å². The minimum atomic E-state index is -4.73. The monoisotopic (exact) mass is 365 g/mol. The van der Waals surface area contributed by atoms with Crippen LogP contribution < -0.4 is 10.1 Å². The molecule has 0 unspecified atom stereocenters. The fourth-order valence-electron chi connectivity index (χ4n) is 1.38. The summed E-state index contributed by atoms with van der Waals surface area (Å²) in [7, 11) is 0. The van der Waals surface area contributed by atoms with E-state index in [-0.39, 0.29) is 11.7 Å². The number of thiophene rings is 1. The molecule has 1 amide bonds. The molecule has 3 nitrogen and oxygen atoms in total. The first kappa shape index (κ1) is 14.9. The van der Waals surface area contributed by atoms with E-state index in [1.54, 1.807) is 11.4 Å². The topological polar surface area (TPSA) is 38.3 Å². The van der Waals surface area contributed by atoms with Crippen LogP contribution in [-0.2, 0) is 0 Å². The van der Waals surface area contributed by atoms with Crippen molar-refractivity contribution in [1.82, 2.24) is 0 Å². The lowest BCUT2D eigenvalue weighted by atomic mass is 10.3. The molecule has 0 saturated carbocycles. The molecule has 0 saturated heterocycles. The van der Waals surface area contributed by atoms with E-state index < -0.39 is 6.36 Å². The van der Waals surface area contributed by atoms with Crippen molar-refractivity contribution in [2.75, 3.05) is 5.32 Å². The van der Waals surface area contributed by atoms with Crippen molar-refractivity contribution in [2.45, 2.75) is 6.36 Å². The molecule has 0 aliphatic carbocycles. The van der Waals surface area contributed by atoms with E-state index in [2.05, 4.69) is 26.0 Å². The molecule has 0 bridgehead atoms. The molecule has 20 heavy (non-hydrogen) atoms. The number of alkyl halides is 3. The number of anilines is 1. The number of benzene rings is 1. The Labute approximate surface area is 124 Å². The minimum absolute atomic E-state index is 0.337. The summed E-state index contributed by atoms with van der Waals surface area (Å²) in [5.74, 6) is -0.677. The molecular formula is C12H7BrF3NO2S. The number of amides is 1. The highest BCUT2D eigenvalue weighted by molar-refractivity contribution is 9.10. The molecule has 8 heteroatoms.